The SMILES string of the molecule is CCC(C(=O)Nc1cnn2c1NCCC2)N1Cc2ccccc2C1=O. The lowest BCUT2D eigenvalue weighted by atomic mass is 10.1. The Morgan fingerprint density at radius 3 is 3.04 bits per heavy atom. The van der Waals surface area contributed by atoms with Gasteiger partial charge < -0.3 is 15.5 Å². The minimum Gasteiger partial charge on any atom is -0.368 e. The molecule has 2 N–H and O–H groups in total. The zero-order valence-corrected chi connectivity index (χ0v) is 14.2. The second-order valence-electron chi connectivity index (χ2n) is 6.41. The Bertz CT molecular complexity index is 829. The molecule has 7 nitrogen and oxygen atoms in total. The molecule has 1 unspecified atom stereocenters. The normalized spacial score (nSPS) is 16.8. The second kappa shape index (κ2) is 6.23. The van der Waals surface area contributed by atoms with Gasteiger partial charge in [-0.25, -0.2) is 4.68 Å². The van der Waals surface area contributed by atoms with Crippen LogP contribution in [0.15, 0.2) is 30.5 Å². The second-order valence-corrected chi connectivity index (χ2v) is 6.41. The van der Waals surface area contributed by atoms with E-state index in [1.807, 2.05) is 35.9 Å². The van der Waals surface area contributed by atoms with E-state index in [1.54, 1.807) is 11.1 Å². The molecule has 0 fully saturated rings. The van der Waals surface area contributed by atoms with Crippen molar-refractivity contribution in [2.45, 2.75) is 38.9 Å². The molecule has 2 amide bonds. The highest BCUT2D eigenvalue weighted by Crippen LogP contribution is 2.28. The quantitative estimate of drug-likeness (QED) is 0.894. The lowest BCUT2D eigenvalue weighted by Gasteiger charge is -2.26. The fourth-order valence-corrected chi connectivity index (χ4v) is 3.56. The number of fused-ring (bicyclic) bond motifs is 2. The summed E-state index contributed by atoms with van der Waals surface area (Å²) in [7, 11) is 0. The van der Waals surface area contributed by atoms with Crippen molar-refractivity contribution in [2.24, 2.45) is 0 Å². The van der Waals surface area contributed by atoms with Crippen LogP contribution < -0.4 is 10.6 Å². The average Bonchev–Trinajstić information content (AvgIpc) is 3.18. The summed E-state index contributed by atoms with van der Waals surface area (Å²) < 4.78 is 1.86. The van der Waals surface area contributed by atoms with Crippen LogP contribution >= 0.6 is 0 Å². The maximum Gasteiger partial charge on any atom is 0.255 e. The van der Waals surface area contributed by atoms with Crippen molar-refractivity contribution in [3.63, 3.8) is 0 Å². The van der Waals surface area contributed by atoms with Crippen molar-refractivity contribution < 1.29 is 9.59 Å². The van der Waals surface area contributed by atoms with Crippen LogP contribution in [-0.4, -0.2) is 39.1 Å². The van der Waals surface area contributed by atoms with E-state index >= 15 is 0 Å². The largest absolute Gasteiger partial charge is 0.368 e. The zero-order chi connectivity index (χ0) is 17.4. The first-order valence-corrected chi connectivity index (χ1v) is 8.68. The Labute approximate surface area is 146 Å². The van der Waals surface area contributed by atoms with Gasteiger partial charge in [0.15, 0.2) is 0 Å². The molecule has 3 heterocycles. The number of nitrogens with one attached hydrogen (secondary N) is 2. The number of amides is 2. The number of benzene rings is 1. The van der Waals surface area contributed by atoms with Crippen LogP contribution in [0.3, 0.4) is 0 Å². The predicted molar refractivity (Wildman–Crippen MR) is 94.4 cm³/mol. The van der Waals surface area contributed by atoms with Crippen molar-refractivity contribution in [2.75, 3.05) is 17.2 Å². The number of carbonyl (C=O) groups is 2. The molecule has 0 spiro atoms. The third-order valence-electron chi connectivity index (χ3n) is 4.85. The molecule has 2 aromatic rings. The van der Waals surface area contributed by atoms with Gasteiger partial charge in [-0.3, -0.25) is 9.59 Å². The highest BCUT2D eigenvalue weighted by molar-refractivity contribution is 6.04. The molecule has 2 aliphatic rings. The van der Waals surface area contributed by atoms with E-state index in [1.165, 1.54) is 0 Å². The molecule has 2 aliphatic heterocycles. The van der Waals surface area contributed by atoms with Crippen LogP contribution in [0.4, 0.5) is 11.5 Å². The molecule has 0 bridgehead atoms. The summed E-state index contributed by atoms with van der Waals surface area (Å²) in [6.07, 6.45) is 3.24. The Morgan fingerprint density at radius 1 is 1.40 bits per heavy atom. The van der Waals surface area contributed by atoms with E-state index < -0.39 is 6.04 Å². The summed E-state index contributed by atoms with van der Waals surface area (Å²) in [4.78, 5) is 27.2. The van der Waals surface area contributed by atoms with Crippen LogP contribution in [0.25, 0.3) is 0 Å². The van der Waals surface area contributed by atoms with Crippen molar-refractivity contribution in [1.82, 2.24) is 14.7 Å². The molecule has 25 heavy (non-hydrogen) atoms. The summed E-state index contributed by atoms with van der Waals surface area (Å²) in [6, 6.07) is 7.03. The topological polar surface area (TPSA) is 79.3 Å². The van der Waals surface area contributed by atoms with Gasteiger partial charge in [0.25, 0.3) is 5.91 Å². The number of anilines is 2. The molecule has 1 aromatic heterocycles. The first kappa shape index (κ1) is 15.7. The maximum atomic E-state index is 12.8. The van der Waals surface area contributed by atoms with Gasteiger partial charge in [-0.05, 0) is 24.5 Å². The van der Waals surface area contributed by atoms with Crippen LogP contribution in [0.1, 0.15) is 35.7 Å². The Kier molecular flexibility index (Phi) is 3.91. The molecule has 130 valence electrons. The number of aryl methyl sites for hydroxylation is 1. The highest BCUT2D eigenvalue weighted by Gasteiger charge is 2.35. The van der Waals surface area contributed by atoms with E-state index in [2.05, 4.69) is 15.7 Å². The number of rotatable bonds is 4. The summed E-state index contributed by atoms with van der Waals surface area (Å²) in [6.45, 7) is 4.11. The Hall–Kier alpha value is -2.83. The number of carbonyl (C=O) groups excluding carboxylic acids is 2. The minimum absolute atomic E-state index is 0.0761. The molecule has 7 heteroatoms. The van der Waals surface area contributed by atoms with Gasteiger partial charge in [0.2, 0.25) is 5.91 Å². The maximum absolute atomic E-state index is 12.8. The first-order valence-electron chi connectivity index (χ1n) is 8.68. The summed E-state index contributed by atoms with van der Waals surface area (Å²) in [5.74, 6) is 0.588. The Balaban J connectivity index is 1.53. The molecule has 0 radical (unpaired) electrons. The molecule has 4 rings (SSSR count). The van der Waals surface area contributed by atoms with Gasteiger partial charge in [-0.15, -0.1) is 0 Å². The summed E-state index contributed by atoms with van der Waals surface area (Å²) in [5.41, 5.74) is 2.34. The average molecular weight is 339 g/mol. The van der Waals surface area contributed by atoms with Gasteiger partial charge in [0.05, 0.1) is 6.20 Å². The molecule has 1 atom stereocenters. The summed E-state index contributed by atoms with van der Waals surface area (Å²) >= 11 is 0. The van der Waals surface area contributed by atoms with E-state index in [9.17, 15) is 9.59 Å². The van der Waals surface area contributed by atoms with Crippen LogP contribution in [0.2, 0.25) is 0 Å². The van der Waals surface area contributed by atoms with Crippen molar-refractivity contribution in [3.8, 4) is 0 Å². The smallest absolute Gasteiger partial charge is 0.255 e. The minimum atomic E-state index is -0.501. The number of nitrogens with zero attached hydrogens (tertiary/aromatic N) is 3. The van der Waals surface area contributed by atoms with Crippen LogP contribution in [0.5, 0.6) is 0 Å². The first-order chi connectivity index (χ1) is 12.2. The third-order valence-corrected chi connectivity index (χ3v) is 4.85. The standard InChI is InChI=1S/C18H21N5O2/c1-2-15(22-11-12-6-3-4-7-13(12)18(22)25)17(24)21-14-10-20-23-9-5-8-19-16(14)23/h3-4,6-7,10,15,19H,2,5,8-9,11H2,1H3,(H,21,24). The fraction of sp³-hybridized carbons (Fsp3) is 0.389. The number of aromatic nitrogens is 2. The lowest BCUT2D eigenvalue weighted by molar-refractivity contribution is -0.120. The predicted octanol–water partition coefficient (Wildman–Crippen LogP) is 2.07. The third kappa shape index (κ3) is 2.65. The molecular formula is C18H21N5O2. The van der Waals surface area contributed by atoms with Gasteiger partial charge in [-0.2, -0.15) is 5.10 Å². The van der Waals surface area contributed by atoms with Gasteiger partial charge in [0.1, 0.15) is 17.5 Å². The van der Waals surface area contributed by atoms with Gasteiger partial charge in [0, 0.05) is 25.2 Å². The number of hydrogen-bond donors (Lipinski definition) is 2. The van der Waals surface area contributed by atoms with Crippen LogP contribution in [-0.2, 0) is 17.9 Å². The highest BCUT2D eigenvalue weighted by atomic mass is 16.2. The number of hydrogen-bond acceptors (Lipinski definition) is 4. The summed E-state index contributed by atoms with van der Waals surface area (Å²) in [5, 5.41) is 10.5. The van der Waals surface area contributed by atoms with E-state index in [0.29, 0.717) is 24.2 Å². The van der Waals surface area contributed by atoms with E-state index in [0.717, 1.165) is 30.9 Å². The van der Waals surface area contributed by atoms with Gasteiger partial charge in [-0.1, -0.05) is 25.1 Å². The van der Waals surface area contributed by atoms with Crippen molar-refractivity contribution in [3.05, 3.63) is 41.6 Å². The molecule has 0 aliphatic carbocycles. The monoisotopic (exact) mass is 339 g/mol. The molecule has 1 aromatic carbocycles. The van der Waals surface area contributed by atoms with Gasteiger partial charge >= 0.3 is 0 Å². The zero-order valence-electron chi connectivity index (χ0n) is 14.2. The molecule has 0 saturated carbocycles. The lowest BCUT2D eigenvalue weighted by Crippen LogP contribution is -2.43. The van der Waals surface area contributed by atoms with Crippen molar-refractivity contribution >= 4 is 23.3 Å². The van der Waals surface area contributed by atoms with Crippen LogP contribution in [0, 0.1) is 0 Å². The van der Waals surface area contributed by atoms with E-state index in [4.69, 9.17) is 0 Å². The van der Waals surface area contributed by atoms with Crippen molar-refractivity contribution in [1.29, 1.82) is 0 Å². The fourth-order valence-electron chi connectivity index (χ4n) is 3.56. The Morgan fingerprint density at radius 2 is 2.24 bits per heavy atom. The molecular weight excluding hydrogens is 318 g/mol. The molecule has 0 saturated heterocycles. The van der Waals surface area contributed by atoms with E-state index in [-0.39, 0.29) is 11.8 Å².